The van der Waals surface area contributed by atoms with Crippen LogP contribution in [0.2, 0.25) is 5.02 Å². The monoisotopic (exact) mass is 481 g/mol. The summed E-state index contributed by atoms with van der Waals surface area (Å²) in [5.74, 6) is -0.243. The molecule has 1 N–H and O–H groups in total. The van der Waals surface area contributed by atoms with Gasteiger partial charge in [-0.15, -0.1) is 0 Å². The van der Waals surface area contributed by atoms with Gasteiger partial charge in [0.2, 0.25) is 21.8 Å². The molecule has 2 aromatic rings. The molecule has 0 saturated heterocycles. The molecule has 2 rings (SSSR count). The molecule has 0 fully saturated rings. The molecule has 8 nitrogen and oxygen atoms in total. The molecule has 2 aromatic carbocycles. The molecule has 0 unspecified atom stereocenters. The largest absolute Gasteiger partial charge is 0.497 e. The second-order valence-corrected chi connectivity index (χ2v) is 9.53. The Labute approximate surface area is 194 Å². The number of anilines is 1. The Kier molecular flexibility index (Phi) is 8.91. The van der Waals surface area contributed by atoms with E-state index in [-0.39, 0.29) is 12.5 Å². The molecule has 1 atom stereocenters. The van der Waals surface area contributed by atoms with E-state index in [0.29, 0.717) is 23.0 Å². The number of nitrogens with zero attached hydrogens (tertiary/aromatic N) is 2. The highest BCUT2D eigenvalue weighted by Crippen LogP contribution is 2.22. The Hall–Kier alpha value is -2.78. The number of carbonyl (C=O) groups excluding carboxylic acids is 2. The van der Waals surface area contributed by atoms with Crippen LogP contribution in [0.15, 0.2) is 48.5 Å². The first-order valence-corrected chi connectivity index (χ1v) is 12.2. The van der Waals surface area contributed by atoms with Gasteiger partial charge in [-0.3, -0.25) is 13.9 Å². The fraction of sp³-hybridized carbons (Fsp3) is 0.364. The van der Waals surface area contributed by atoms with Crippen molar-refractivity contribution in [2.75, 3.05) is 30.8 Å². The smallest absolute Gasteiger partial charge is 0.244 e. The van der Waals surface area contributed by atoms with E-state index in [1.165, 1.54) is 24.1 Å². The summed E-state index contributed by atoms with van der Waals surface area (Å²) in [6.45, 7) is 3.44. The van der Waals surface area contributed by atoms with Gasteiger partial charge in [-0.1, -0.05) is 23.7 Å². The van der Waals surface area contributed by atoms with Gasteiger partial charge in [0.25, 0.3) is 0 Å². The standard InChI is InChI=1S/C22H28ClN3O5S/c1-5-24-22(28)16(2)25(14-17-7-6-8-20(13-17)31-3)21(27)15-26(32(4,29)30)19-11-9-18(23)10-12-19/h6-13,16H,5,14-15H2,1-4H3,(H,24,28)/t16-/m1/s1. The minimum absolute atomic E-state index is 0.104. The Morgan fingerprint density at radius 3 is 2.38 bits per heavy atom. The maximum atomic E-state index is 13.3. The fourth-order valence-electron chi connectivity index (χ4n) is 3.09. The lowest BCUT2D eigenvalue weighted by molar-refractivity contribution is -0.139. The highest BCUT2D eigenvalue weighted by Gasteiger charge is 2.29. The SMILES string of the molecule is CCNC(=O)[C@@H](C)N(Cc1cccc(OC)c1)C(=O)CN(c1ccc(Cl)cc1)S(C)(=O)=O. The van der Waals surface area contributed by atoms with Crippen molar-refractivity contribution in [3.8, 4) is 5.75 Å². The van der Waals surface area contributed by atoms with Gasteiger partial charge in [-0.05, 0) is 55.8 Å². The zero-order valence-electron chi connectivity index (χ0n) is 18.5. The Morgan fingerprint density at radius 2 is 1.81 bits per heavy atom. The number of rotatable bonds is 10. The number of hydrogen-bond acceptors (Lipinski definition) is 5. The lowest BCUT2D eigenvalue weighted by Crippen LogP contribution is -2.51. The summed E-state index contributed by atoms with van der Waals surface area (Å²) in [7, 11) is -2.24. The minimum atomic E-state index is -3.78. The number of amides is 2. The fourth-order valence-corrected chi connectivity index (χ4v) is 4.07. The van der Waals surface area contributed by atoms with Gasteiger partial charge in [0.1, 0.15) is 18.3 Å². The predicted octanol–water partition coefficient (Wildman–Crippen LogP) is 2.67. The lowest BCUT2D eigenvalue weighted by Gasteiger charge is -2.31. The average Bonchev–Trinajstić information content (AvgIpc) is 2.75. The second kappa shape index (κ2) is 11.2. The van der Waals surface area contributed by atoms with Gasteiger partial charge in [-0.25, -0.2) is 8.42 Å². The van der Waals surface area contributed by atoms with E-state index in [1.54, 1.807) is 50.2 Å². The number of ether oxygens (including phenoxy) is 1. The molecule has 0 aliphatic heterocycles. The normalized spacial score (nSPS) is 12.0. The number of halogens is 1. The molecule has 0 aromatic heterocycles. The molecular formula is C22H28ClN3O5S. The van der Waals surface area contributed by atoms with E-state index >= 15 is 0 Å². The molecule has 0 saturated carbocycles. The molecular weight excluding hydrogens is 454 g/mol. The summed E-state index contributed by atoms with van der Waals surface area (Å²) in [6, 6.07) is 12.4. The molecule has 0 radical (unpaired) electrons. The first kappa shape index (κ1) is 25.5. The molecule has 32 heavy (non-hydrogen) atoms. The van der Waals surface area contributed by atoms with Crippen LogP contribution >= 0.6 is 11.6 Å². The Bertz CT molecular complexity index is 1040. The van der Waals surface area contributed by atoms with Gasteiger partial charge in [0.05, 0.1) is 19.1 Å². The summed E-state index contributed by atoms with van der Waals surface area (Å²) in [4.78, 5) is 27.2. The van der Waals surface area contributed by atoms with Crippen molar-refractivity contribution in [2.24, 2.45) is 0 Å². The molecule has 2 amide bonds. The van der Waals surface area contributed by atoms with Crippen LogP contribution in [0.4, 0.5) is 5.69 Å². The molecule has 0 heterocycles. The van der Waals surface area contributed by atoms with E-state index in [2.05, 4.69) is 5.32 Å². The molecule has 10 heteroatoms. The minimum Gasteiger partial charge on any atom is -0.497 e. The van der Waals surface area contributed by atoms with Crippen molar-refractivity contribution in [3.63, 3.8) is 0 Å². The number of hydrogen-bond donors (Lipinski definition) is 1. The molecule has 0 aliphatic rings. The van der Waals surface area contributed by atoms with Crippen LogP contribution in [-0.4, -0.2) is 57.6 Å². The first-order chi connectivity index (χ1) is 15.1. The van der Waals surface area contributed by atoms with E-state index in [4.69, 9.17) is 16.3 Å². The van der Waals surface area contributed by atoms with Crippen molar-refractivity contribution >= 4 is 39.1 Å². The summed E-state index contributed by atoms with van der Waals surface area (Å²) < 4.78 is 31.1. The number of nitrogens with one attached hydrogen (secondary N) is 1. The number of carbonyl (C=O) groups is 2. The molecule has 0 aliphatic carbocycles. The van der Waals surface area contributed by atoms with Crippen LogP contribution < -0.4 is 14.4 Å². The van der Waals surface area contributed by atoms with Crippen LogP contribution in [0.3, 0.4) is 0 Å². The van der Waals surface area contributed by atoms with E-state index in [9.17, 15) is 18.0 Å². The van der Waals surface area contributed by atoms with Crippen LogP contribution in [0.25, 0.3) is 0 Å². The van der Waals surface area contributed by atoms with E-state index in [1.807, 2.05) is 0 Å². The van der Waals surface area contributed by atoms with Gasteiger partial charge in [0.15, 0.2) is 0 Å². The summed E-state index contributed by atoms with van der Waals surface area (Å²) >= 11 is 5.91. The van der Waals surface area contributed by atoms with Crippen LogP contribution in [0, 0.1) is 0 Å². The van der Waals surface area contributed by atoms with Crippen molar-refractivity contribution in [1.82, 2.24) is 10.2 Å². The van der Waals surface area contributed by atoms with E-state index in [0.717, 1.165) is 16.1 Å². The number of methoxy groups -OCH3 is 1. The third-order valence-corrected chi connectivity index (χ3v) is 6.19. The highest BCUT2D eigenvalue weighted by atomic mass is 35.5. The predicted molar refractivity (Wildman–Crippen MR) is 125 cm³/mol. The summed E-state index contributed by atoms with van der Waals surface area (Å²) in [5, 5.41) is 3.15. The maximum absolute atomic E-state index is 13.3. The zero-order chi connectivity index (χ0) is 23.9. The van der Waals surface area contributed by atoms with Crippen LogP contribution in [0.1, 0.15) is 19.4 Å². The van der Waals surface area contributed by atoms with Gasteiger partial charge in [-0.2, -0.15) is 0 Å². The Balaban J connectivity index is 2.38. The molecule has 0 bridgehead atoms. The zero-order valence-corrected chi connectivity index (χ0v) is 20.1. The Morgan fingerprint density at radius 1 is 1.16 bits per heavy atom. The molecule has 0 spiro atoms. The van der Waals surface area contributed by atoms with Gasteiger partial charge < -0.3 is 15.0 Å². The third kappa shape index (κ3) is 6.86. The van der Waals surface area contributed by atoms with Crippen molar-refractivity contribution in [2.45, 2.75) is 26.4 Å². The van der Waals surface area contributed by atoms with Crippen LogP contribution in [-0.2, 0) is 26.2 Å². The number of likely N-dealkylation sites (N-methyl/N-ethyl adjacent to an activating group) is 1. The van der Waals surface area contributed by atoms with Crippen molar-refractivity contribution < 1.29 is 22.7 Å². The summed E-state index contributed by atoms with van der Waals surface area (Å²) in [6.07, 6.45) is 1.02. The highest BCUT2D eigenvalue weighted by molar-refractivity contribution is 7.92. The summed E-state index contributed by atoms with van der Waals surface area (Å²) in [5.41, 5.74) is 1.04. The van der Waals surface area contributed by atoms with E-state index < -0.39 is 28.5 Å². The van der Waals surface area contributed by atoms with Gasteiger partial charge in [0, 0.05) is 18.1 Å². The van der Waals surface area contributed by atoms with Crippen molar-refractivity contribution in [1.29, 1.82) is 0 Å². The first-order valence-electron chi connectivity index (χ1n) is 10.00. The maximum Gasteiger partial charge on any atom is 0.244 e. The second-order valence-electron chi connectivity index (χ2n) is 7.19. The molecule has 174 valence electrons. The van der Waals surface area contributed by atoms with Crippen LogP contribution in [0.5, 0.6) is 5.75 Å². The third-order valence-electron chi connectivity index (χ3n) is 4.80. The average molecular weight is 482 g/mol. The topological polar surface area (TPSA) is 96.0 Å². The quantitative estimate of drug-likeness (QED) is 0.562. The van der Waals surface area contributed by atoms with Gasteiger partial charge >= 0.3 is 0 Å². The lowest BCUT2D eigenvalue weighted by atomic mass is 10.1. The van der Waals surface area contributed by atoms with Crippen molar-refractivity contribution in [3.05, 3.63) is 59.1 Å². The number of sulfonamides is 1. The number of benzene rings is 2.